The molecule has 1 aromatic carbocycles. The zero-order chi connectivity index (χ0) is 11.5. The van der Waals surface area contributed by atoms with Crippen molar-refractivity contribution in [3.8, 4) is 17.2 Å². The first-order chi connectivity index (χ1) is 7.76. The van der Waals surface area contributed by atoms with Crippen molar-refractivity contribution in [3.63, 3.8) is 0 Å². The van der Waals surface area contributed by atoms with Gasteiger partial charge in [0.25, 0.3) is 0 Å². The highest BCUT2D eigenvalue weighted by Crippen LogP contribution is 2.41. The molecule has 0 bridgehead atoms. The van der Waals surface area contributed by atoms with E-state index < -0.39 is 6.10 Å². The topological polar surface area (TPSA) is 76.0 Å². The molecule has 5 heteroatoms. The van der Waals surface area contributed by atoms with E-state index in [0.717, 1.165) is 0 Å². The van der Waals surface area contributed by atoms with Crippen LogP contribution in [0.3, 0.4) is 0 Å². The van der Waals surface area contributed by atoms with Gasteiger partial charge in [-0.3, -0.25) is 0 Å². The van der Waals surface area contributed by atoms with E-state index in [-0.39, 0.29) is 31.1 Å². The molecule has 0 aliphatic carbocycles. The number of hydrogen-bond donors (Lipinski definition) is 2. The van der Waals surface area contributed by atoms with E-state index in [0.29, 0.717) is 17.6 Å². The fraction of sp³-hybridized carbons (Fsp3) is 0.364. The second kappa shape index (κ2) is 4.40. The number of ether oxygens (including phenoxy) is 2. The molecule has 0 aromatic heterocycles. The number of aromatic hydroxyl groups is 1. The van der Waals surface area contributed by atoms with E-state index in [4.69, 9.17) is 14.6 Å². The van der Waals surface area contributed by atoms with Gasteiger partial charge in [0.1, 0.15) is 12.9 Å². The van der Waals surface area contributed by atoms with Crippen molar-refractivity contribution in [1.29, 1.82) is 0 Å². The highest BCUT2D eigenvalue weighted by atomic mass is 16.6. The van der Waals surface area contributed by atoms with E-state index in [9.17, 15) is 9.90 Å². The molecule has 0 fully saturated rings. The Morgan fingerprint density at radius 3 is 3.00 bits per heavy atom. The molecule has 1 aromatic rings. The van der Waals surface area contributed by atoms with Crippen molar-refractivity contribution in [2.24, 2.45) is 0 Å². The van der Waals surface area contributed by atoms with Crippen LogP contribution < -0.4 is 9.47 Å². The lowest BCUT2D eigenvalue weighted by Gasteiger charge is -2.26. The van der Waals surface area contributed by atoms with E-state index >= 15 is 0 Å². The van der Waals surface area contributed by atoms with Crippen LogP contribution in [0, 0.1) is 0 Å². The Kier molecular flexibility index (Phi) is 2.96. The third kappa shape index (κ3) is 1.81. The predicted molar refractivity (Wildman–Crippen MR) is 54.9 cm³/mol. The summed E-state index contributed by atoms with van der Waals surface area (Å²) in [6.07, 6.45) is 0.339. The lowest BCUT2D eigenvalue weighted by Crippen LogP contribution is -2.32. The molecular weight excluding hydrogens is 212 g/mol. The summed E-state index contributed by atoms with van der Waals surface area (Å²) >= 11 is 0. The molecule has 1 unspecified atom stereocenters. The lowest BCUT2D eigenvalue weighted by atomic mass is 10.1. The Morgan fingerprint density at radius 1 is 1.50 bits per heavy atom. The van der Waals surface area contributed by atoms with Gasteiger partial charge in [-0.05, 0) is 6.07 Å². The molecule has 5 nitrogen and oxygen atoms in total. The van der Waals surface area contributed by atoms with Crippen LogP contribution in [0.5, 0.6) is 17.2 Å². The van der Waals surface area contributed by atoms with Crippen LogP contribution in [0.1, 0.15) is 5.56 Å². The zero-order valence-corrected chi connectivity index (χ0v) is 8.55. The first-order valence-corrected chi connectivity index (χ1v) is 4.95. The molecule has 0 amide bonds. The average molecular weight is 224 g/mol. The van der Waals surface area contributed by atoms with Crippen molar-refractivity contribution in [2.75, 3.05) is 13.2 Å². The summed E-state index contributed by atoms with van der Waals surface area (Å²) in [7, 11) is 0. The van der Waals surface area contributed by atoms with Crippen LogP contribution in [0.25, 0.3) is 0 Å². The zero-order valence-electron chi connectivity index (χ0n) is 8.55. The summed E-state index contributed by atoms with van der Waals surface area (Å²) in [5, 5.41) is 18.8. The molecule has 0 radical (unpaired) electrons. The molecule has 0 saturated carbocycles. The van der Waals surface area contributed by atoms with Gasteiger partial charge in [0.05, 0.1) is 6.61 Å². The van der Waals surface area contributed by atoms with Crippen molar-refractivity contribution in [1.82, 2.24) is 0 Å². The van der Waals surface area contributed by atoms with Crippen LogP contribution >= 0.6 is 0 Å². The number of benzene rings is 1. The summed E-state index contributed by atoms with van der Waals surface area (Å²) in [4.78, 5) is 10.4. The third-order valence-electron chi connectivity index (χ3n) is 2.40. The summed E-state index contributed by atoms with van der Waals surface area (Å²) < 4.78 is 10.7. The number of hydrogen-bond acceptors (Lipinski definition) is 5. The fourth-order valence-corrected chi connectivity index (χ4v) is 1.55. The van der Waals surface area contributed by atoms with E-state index in [1.807, 2.05) is 0 Å². The molecular formula is C11H12O5. The van der Waals surface area contributed by atoms with Gasteiger partial charge in [-0.15, -0.1) is 0 Å². The van der Waals surface area contributed by atoms with Gasteiger partial charge in [0.15, 0.2) is 17.6 Å². The number of phenolic OH excluding ortho intramolecular Hbond substituents is 1. The maximum atomic E-state index is 10.4. The van der Waals surface area contributed by atoms with Crippen LogP contribution in [0.2, 0.25) is 0 Å². The smallest absolute Gasteiger partial charge is 0.204 e. The van der Waals surface area contributed by atoms with Gasteiger partial charge in [-0.25, -0.2) is 0 Å². The minimum Gasteiger partial charge on any atom is -0.504 e. The molecule has 1 aliphatic heterocycles. The van der Waals surface area contributed by atoms with Gasteiger partial charge in [0.2, 0.25) is 5.75 Å². The quantitative estimate of drug-likeness (QED) is 0.720. The number of aliphatic hydroxyl groups is 1. The molecule has 0 saturated heterocycles. The summed E-state index contributed by atoms with van der Waals surface area (Å²) in [5.74, 6) is 0.532. The highest BCUT2D eigenvalue weighted by molar-refractivity contribution is 5.63. The number of carbonyl (C=O) groups excluding carboxylic acids is 1. The Bertz CT molecular complexity index is 402. The van der Waals surface area contributed by atoms with Crippen LogP contribution in [0.15, 0.2) is 12.1 Å². The molecule has 1 heterocycles. The van der Waals surface area contributed by atoms with Gasteiger partial charge < -0.3 is 24.5 Å². The highest BCUT2D eigenvalue weighted by Gasteiger charge is 2.24. The van der Waals surface area contributed by atoms with Crippen LogP contribution in [0.4, 0.5) is 0 Å². The summed E-state index contributed by atoms with van der Waals surface area (Å²) in [5.41, 5.74) is 0.482. The fourth-order valence-electron chi connectivity index (χ4n) is 1.55. The van der Waals surface area contributed by atoms with E-state index in [1.54, 1.807) is 12.1 Å². The second-order valence-electron chi connectivity index (χ2n) is 3.50. The van der Waals surface area contributed by atoms with Gasteiger partial charge in [-0.2, -0.15) is 0 Å². The number of fused-ring (bicyclic) bond motifs is 1. The third-order valence-corrected chi connectivity index (χ3v) is 2.40. The first-order valence-electron chi connectivity index (χ1n) is 4.95. The molecule has 1 aliphatic rings. The maximum Gasteiger partial charge on any atom is 0.204 e. The maximum absolute atomic E-state index is 10.4. The number of rotatable bonds is 3. The monoisotopic (exact) mass is 224 g/mol. The minimum absolute atomic E-state index is 0.0947. The minimum atomic E-state index is -0.482. The predicted octanol–water partition coefficient (Wildman–Crippen LogP) is 0.266. The molecule has 2 N–H and O–H groups in total. The Balaban J connectivity index is 2.35. The van der Waals surface area contributed by atoms with Crippen molar-refractivity contribution < 1.29 is 24.5 Å². The summed E-state index contributed by atoms with van der Waals surface area (Å²) in [6.45, 7) is 0.0623. The molecule has 1 atom stereocenters. The molecule has 86 valence electrons. The van der Waals surface area contributed by atoms with Crippen molar-refractivity contribution >= 4 is 6.29 Å². The van der Waals surface area contributed by atoms with Crippen LogP contribution in [-0.2, 0) is 11.2 Å². The van der Waals surface area contributed by atoms with Crippen molar-refractivity contribution in [3.05, 3.63) is 17.7 Å². The number of phenols is 1. The lowest BCUT2D eigenvalue weighted by molar-refractivity contribution is -0.107. The molecule has 0 spiro atoms. The SMILES string of the molecule is O=CCc1ccc2c(c1O)OC(CO)CO2. The van der Waals surface area contributed by atoms with Gasteiger partial charge >= 0.3 is 0 Å². The molecule has 2 rings (SSSR count). The van der Waals surface area contributed by atoms with E-state index in [1.165, 1.54) is 0 Å². The summed E-state index contributed by atoms with van der Waals surface area (Å²) in [6, 6.07) is 3.26. The van der Waals surface area contributed by atoms with Crippen LogP contribution in [-0.4, -0.2) is 35.8 Å². The first kappa shape index (κ1) is 10.8. The Morgan fingerprint density at radius 2 is 2.31 bits per heavy atom. The average Bonchev–Trinajstić information content (AvgIpc) is 2.33. The number of aliphatic hydroxyl groups excluding tert-OH is 1. The van der Waals surface area contributed by atoms with Gasteiger partial charge in [-0.1, -0.05) is 6.07 Å². The van der Waals surface area contributed by atoms with Gasteiger partial charge in [0, 0.05) is 12.0 Å². The van der Waals surface area contributed by atoms with E-state index in [2.05, 4.69) is 0 Å². The Labute approximate surface area is 92.2 Å². The number of aldehydes is 1. The normalized spacial score (nSPS) is 18.2. The molecule has 16 heavy (non-hydrogen) atoms. The Hall–Kier alpha value is -1.75. The second-order valence-corrected chi connectivity index (χ2v) is 3.50. The number of carbonyl (C=O) groups is 1. The standard InChI is InChI=1S/C11H12O5/c12-4-3-7-1-2-9-11(10(7)14)16-8(5-13)6-15-9/h1-2,4,8,13-14H,3,5-6H2. The van der Waals surface area contributed by atoms with Crippen molar-refractivity contribution in [2.45, 2.75) is 12.5 Å². The largest absolute Gasteiger partial charge is 0.504 e.